The van der Waals surface area contributed by atoms with Gasteiger partial charge in [0.05, 0.1) is 11.4 Å². The van der Waals surface area contributed by atoms with Gasteiger partial charge in [-0.3, -0.25) is 9.48 Å². The lowest BCUT2D eigenvalue weighted by Gasteiger charge is -1.97. The molecule has 0 unspecified atom stereocenters. The number of carbonyl (C=O) groups excluding carboxylic acids is 1. The number of carbonyl (C=O) groups is 1. The van der Waals surface area contributed by atoms with E-state index in [4.69, 9.17) is 5.73 Å². The maximum absolute atomic E-state index is 12.1. The van der Waals surface area contributed by atoms with Gasteiger partial charge < -0.3 is 5.73 Å². The van der Waals surface area contributed by atoms with Gasteiger partial charge in [-0.25, -0.2) is 0 Å². The summed E-state index contributed by atoms with van der Waals surface area (Å²) in [6, 6.07) is 9.01. The molecule has 0 spiro atoms. The van der Waals surface area contributed by atoms with Crippen LogP contribution in [0.25, 0.3) is 0 Å². The van der Waals surface area contributed by atoms with E-state index in [9.17, 15) is 4.79 Å². The van der Waals surface area contributed by atoms with Crippen molar-refractivity contribution in [2.45, 2.75) is 6.92 Å². The van der Waals surface area contributed by atoms with Crippen molar-refractivity contribution in [1.82, 2.24) is 9.78 Å². The van der Waals surface area contributed by atoms with Crippen molar-refractivity contribution in [3.05, 3.63) is 47.3 Å². The van der Waals surface area contributed by atoms with Crippen LogP contribution in [-0.2, 0) is 7.05 Å². The Morgan fingerprint density at radius 1 is 1.29 bits per heavy atom. The number of nitrogen functional groups attached to an aromatic ring is 1. The lowest BCUT2D eigenvalue weighted by molar-refractivity contribution is 0.103. The van der Waals surface area contributed by atoms with Gasteiger partial charge in [0.15, 0.2) is 5.69 Å². The lowest BCUT2D eigenvalue weighted by atomic mass is 10.1. The Morgan fingerprint density at radius 2 is 1.88 bits per heavy atom. The van der Waals surface area contributed by atoms with E-state index < -0.39 is 0 Å². The number of nitrogens with two attached hydrogens (primary N) is 1. The zero-order valence-corrected chi connectivity index (χ0v) is 10.5. The van der Waals surface area contributed by atoms with Gasteiger partial charge in [0.25, 0.3) is 0 Å². The van der Waals surface area contributed by atoms with Gasteiger partial charge in [0, 0.05) is 12.6 Å². The Kier molecular flexibility index (Phi) is 3.91. The molecule has 2 N–H and O–H groups in total. The minimum atomic E-state index is -0.137. The third kappa shape index (κ3) is 2.31. The fourth-order valence-corrected chi connectivity index (χ4v) is 1.52. The van der Waals surface area contributed by atoms with Gasteiger partial charge in [-0.15, -0.1) is 12.4 Å². The minimum Gasteiger partial charge on any atom is -0.395 e. The number of nitrogens with zero attached hydrogens (tertiary/aromatic N) is 2. The molecule has 0 saturated carbocycles. The van der Waals surface area contributed by atoms with Crippen molar-refractivity contribution in [3.8, 4) is 0 Å². The second-order valence-corrected chi connectivity index (χ2v) is 3.67. The predicted molar refractivity (Wildman–Crippen MR) is 69.5 cm³/mol. The molecule has 0 aliphatic carbocycles. The smallest absolute Gasteiger partial charge is 0.215 e. The molecule has 90 valence electrons. The molecule has 0 radical (unpaired) electrons. The first kappa shape index (κ1) is 13.3. The van der Waals surface area contributed by atoms with E-state index >= 15 is 0 Å². The van der Waals surface area contributed by atoms with Crippen molar-refractivity contribution in [1.29, 1.82) is 0 Å². The number of rotatable bonds is 2. The number of anilines is 1. The summed E-state index contributed by atoms with van der Waals surface area (Å²) in [6.07, 6.45) is 0. The highest BCUT2D eigenvalue weighted by Crippen LogP contribution is 2.18. The van der Waals surface area contributed by atoms with E-state index in [0.717, 1.165) is 5.69 Å². The van der Waals surface area contributed by atoms with Gasteiger partial charge in [-0.05, 0) is 6.92 Å². The molecule has 2 rings (SSSR count). The Morgan fingerprint density at radius 3 is 2.35 bits per heavy atom. The highest BCUT2D eigenvalue weighted by Gasteiger charge is 2.18. The molecular formula is C12H14ClN3O. The maximum Gasteiger partial charge on any atom is 0.215 e. The molecule has 0 bridgehead atoms. The summed E-state index contributed by atoms with van der Waals surface area (Å²) >= 11 is 0. The predicted octanol–water partition coefficient (Wildman–Crippen LogP) is 1.96. The van der Waals surface area contributed by atoms with E-state index in [-0.39, 0.29) is 18.2 Å². The van der Waals surface area contributed by atoms with Crippen molar-refractivity contribution in [2.75, 3.05) is 5.73 Å². The van der Waals surface area contributed by atoms with E-state index in [1.165, 1.54) is 0 Å². The summed E-state index contributed by atoms with van der Waals surface area (Å²) in [6.45, 7) is 1.84. The van der Waals surface area contributed by atoms with Crippen LogP contribution >= 0.6 is 12.4 Å². The lowest BCUT2D eigenvalue weighted by Crippen LogP contribution is -2.05. The van der Waals surface area contributed by atoms with Crippen molar-refractivity contribution < 1.29 is 4.79 Å². The maximum atomic E-state index is 12.1. The Balaban J connectivity index is 0.00000144. The van der Waals surface area contributed by atoms with E-state index in [1.54, 1.807) is 23.9 Å². The number of aryl methyl sites for hydroxylation is 1. The fraction of sp³-hybridized carbons (Fsp3) is 0.167. The number of ketones is 1. The number of benzene rings is 1. The molecule has 0 aliphatic heterocycles. The van der Waals surface area contributed by atoms with Gasteiger partial charge >= 0.3 is 0 Å². The fourth-order valence-electron chi connectivity index (χ4n) is 1.52. The van der Waals surface area contributed by atoms with Crippen LogP contribution in [0, 0.1) is 6.92 Å². The molecular weight excluding hydrogens is 238 g/mol. The van der Waals surface area contributed by atoms with Gasteiger partial charge in [0.1, 0.15) is 0 Å². The highest BCUT2D eigenvalue weighted by atomic mass is 35.5. The first-order valence-electron chi connectivity index (χ1n) is 5.00. The average molecular weight is 252 g/mol. The standard InChI is InChI=1S/C12H13N3O.ClH/c1-8-10(13)11(14-15(8)2)12(16)9-6-4-3-5-7-9;/h3-7H,13H2,1-2H3;1H. The summed E-state index contributed by atoms with van der Waals surface area (Å²) in [5, 5.41) is 4.13. The first-order valence-corrected chi connectivity index (χ1v) is 5.00. The molecule has 1 aromatic heterocycles. The Bertz CT molecular complexity index is 534. The Labute approximate surface area is 106 Å². The van der Waals surface area contributed by atoms with Crippen LogP contribution in [-0.4, -0.2) is 15.6 Å². The summed E-state index contributed by atoms with van der Waals surface area (Å²) in [4.78, 5) is 12.1. The van der Waals surface area contributed by atoms with Crippen LogP contribution in [0.5, 0.6) is 0 Å². The normalized spacial score (nSPS) is 9.76. The number of halogens is 1. The van der Waals surface area contributed by atoms with E-state index in [1.807, 2.05) is 25.1 Å². The largest absolute Gasteiger partial charge is 0.395 e. The molecule has 1 aromatic carbocycles. The van der Waals surface area contributed by atoms with Gasteiger partial charge in [0.2, 0.25) is 5.78 Å². The van der Waals surface area contributed by atoms with Gasteiger partial charge in [-0.1, -0.05) is 30.3 Å². The quantitative estimate of drug-likeness (QED) is 0.830. The van der Waals surface area contributed by atoms with E-state index in [2.05, 4.69) is 5.10 Å². The Hall–Kier alpha value is -1.81. The van der Waals surface area contributed by atoms with Crippen LogP contribution in [0.15, 0.2) is 30.3 Å². The molecule has 0 amide bonds. The van der Waals surface area contributed by atoms with Crippen LogP contribution in [0.3, 0.4) is 0 Å². The first-order chi connectivity index (χ1) is 7.61. The van der Waals surface area contributed by atoms with Crippen LogP contribution < -0.4 is 5.73 Å². The second-order valence-electron chi connectivity index (χ2n) is 3.67. The monoisotopic (exact) mass is 251 g/mol. The topological polar surface area (TPSA) is 60.9 Å². The molecule has 0 fully saturated rings. The van der Waals surface area contributed by atoms with Crippen molar-refractivity contribution in [3.63, 3.8) is 0 Å². The highest BCUT2D eigenvalue weighted by molar-refractivity contribution is 6.10. The van der Waals surface area contributed by atoms with Gasteiger partial charge in [-0.2, -0.15) is 5.10 Å². The summed E-state index contributed by atoms with van der Waals surface area (Å²) < 4.78 is 1.62. The molecule has 5 heteroatoms. The number of hydrogen-bond donors (Lipinski definition) is 1. The van der Waals surface area contributed by atoms with E-state index in [0.29, 0.717) is 16.9 Å². The summed E-state index contributed by atoms with van der Waals surface area (Å²) in [5.74, 6) is -0.137. The van der Waals surface area contributed by atoms with Crippen LogP contribution in [0.4, 0.5) is 5.69 Å². The molecule has 0 atom stereocenters. The number of hydrogen-bond acceptors (Lipinski definition) is 3. The van der Waals surface area contributed by atoms with Crippen molar-refractivity contribution >= 4 is 23.9 Å². The molecule has 0 aliphatic rings. The third-order valence-electron chi connectivity index (χ3n) is 2.63. The molecule has 0 saturated heterocycles. The van der Waals surface area contributed by atoms with Crippen LogP contribution in [0.2, 0.25) is 0 Å². The molecule has 2 aromatic rings. The molecule has 17 heavy (non-hydrogen) atoms. The number of aromatic nitrogens is 2. The zero-order valence-electron chi connectivity index (χ0n) is 9.68. The zero-order chi connectivity index (χ0) is 11.7. The van der Waals surface area contributed by atoms with Crippen molar-refractivity contribution in [2.24, 2.45) is 7.05 Å². The molecule has 1 heterocycles. The summed E-state index contributed by atoms with van der Waals surface area (Å²) in [5.41, 5.74) is 8.03. The molecule has 4 nitrogen and oxygen atoms in total. The second kappa shape index (κ2) is 5.01. The SMILES string of the molecule is Cc1c(N)c(C(=O)c2ccccc2)nn1C.Cl. The average Bonchev–Trinajstić information content (AvgIpc) is 2.57. The van der Waals surface area contributed by atoms with Crippen LogP contribution in [0.1, 0.15) is 21.7 Å². The third-order valence-corrected chi connectivity index (χ3v) is 2.63. The summed E-state index contributed by atoms with van der Waals surface area (Å²) in [7, 11) is 1.77. The minimum absolute atomic E-state index is 0.